The molecule has 1 aromatic heterocycles. The summed E-state index contributed by atoms with van der Waals surface area (Å²) in [6.07, 6.45) is 6.22. The predicted molar refractivity (Wildman–Crippen MR) is 133 cm³/mol. The van der Waals surface area contributed by atoms with E-state index in [4.69, 9.17) is 14.6 Å². The molecule has 0 amide bonds. The second-order valence-corrected chi connectivity index (χ2v) is 9.25. The van der Waals surface area contributed by atoms with E-state index in [0.717, 1.165) is 54.9 Å². The summed E-state index contributed by atoms with van der Waals surface area (Å²) in [6, 6.07) is 7.52. The summed E-state index contributed by atoms with van der Waals surface area (Å²) < 4.78 is 13.3. The molecule has 1 unspecified atom stereocenters. The average molecular weight is 473 g/mol. The smallest absolute Gasteiger partial charge is 0.338 e. The Morgan fingerprint density at radius 2 is 1.82 bits per heavy atom. The Bertz CT molecular complexity index is 940. The highest BCUT2D eigenvalue weighted by Gasteiger charge is 2.35. The minimum atomic E-state index is -0.409. The Hall–Kier alpha value is -2.48. The van der Waals surface area contributed by atoms with Gasteiger partial charge >= 0.3 is 5.97 Å². The summed E-state index contributed by atoms with van der Waals surface area (Å²) >= 11 is 1.62. The van der Waals surface area contributed by atoms with Crippen LogP contribution in [0.25, 0.3) is 0 Å². The van der Waals surface area contributed by atoms with E-state index in [-0.39, 0.29) is 5.97 Å². The van der Waals surface area contributed by atoms with Gasteiger partial charge in [-0.15, -0.1) is 5.10 Å². The van der Waals surface area contributed by atoms with Crippen molar-refractivity contribution in [3.05, 3.63) is 41.1 Å². The first-order chi connectivity index (χ1) is 16.1. The molecule has 0 bridgehead atoms. The van der Waals surface area contributed by atoms with Gasteiger partial charge in [-0.25, -0.2) is 9.48 Å². The molecule has 0 spiro atoms. The molecule has 1 N–H and O–H groups in total. The summed E-state index contributed by atoms with van der Waals surface area (Å²) in [5.74, 6) is 2.09. The van der Waals surface area contributed by atoms with Crippen LogP contribution in [0.3, 0.4) is 0 Å². The van der Waals surface area contributed by atoms with E-state index in [1.54, 1.807) is 16.4 Å². The van der Waals surface area contributed by atoms with Crippen molar-refractivity contribution >= 4 is 23.7 Å². The van der Waals surface area contributed by atoms with Crippen LogP contribution in [0.2, 0.25) is 0 Å². The highest BCUT2D eigenvalue weighted by atomic mass is 32.2. The van der Waals surface area contributed by atoms with Crippen LogP contribution in [-0.2, 0) is 9.53 Å². The molecule has 1 aliphatic heterocycles. The molecule has 0 radical (unpaired) electrons. The molecule has 8 heteroatoms. The maximum Gasteiger partial charge on any atom is 0.338 e. The molecule has 2 heterocycles. The largest absolute Gasteiger partial charge is 0.494 e. The molecule has 2 aromatic rings. The van der Waals surface area contributed by atoms with Gasteiger partial charge in [-0.1, -0.05) is 63.9 Å². The van der Waals surface area contributed by atoms with Gasteiger partial charge in [0, 0.05) is 11.4 Å². The van der Waals surface area contributed by atoms with E-state index in [1.807, 2.05) is 31.2 Å². The molecule has 7 nitrogen and oxygen atoms in total. The molecule has 0 aliphatic carbocycles. The first-order valence-corrected chi connectivity index (χ1v) is 13.0. The van der Waals surface area contributed by atoms with E-state index in [0.29, 0.717) is 29.9 Å². The fraction of sp³-hybridized carbons (Fsp3) is 0.560. The van der Waals surface area contributed by atoms with Gasteiger partial charge in [0.1, 0.15) is 11.8 Å². The number of hydrogen-bond donors (Lipinski definition) is 1. The molecule has 33 heavy (non-hydrogen) atoms. The van der Waals surface area contributed by atoms with Crippen molar-refractivity contribution in [2.45, 2.75) is 77.4 Å². The van der Waals surface area contributed by atoms with Gasteiger partial charge in [0.05, 0.1) is 18.8 Å². The minimum Gasteiger partial charge on any atom is -0.494 e. The number of anilines is 1. The Labute approximate surface area is 201 Å². The predicted octanol–water partition coefficient (Wildman–Crippen LogP) is 5.98. The number of fused-ring (bicyclic) bond motifs is 1. The number of rotatable bonds is 13. The number of hydrogen-bond acceptors (Lipinski definition) is 7. The number of benzene rings is 1. The van der Waals surface area contributed by atoms with Crippen molar-refractivity contribution in [2.24, 2.45) is 0 Å². The number of nitrogens with one attached hydrogen (secondary N) is 1. The molecule has 1 aliphatic rings. The number of allylic oxidation sites excluding steroid dienone is 1. The fourth-order valence-corrected chi connectivity index (χ4v) is 4.32. The third-order valence-corrected chi connectivity index (χ3v) is 6.48. The van der Waals surface area contributed by atoms with Gasteiger partial charge in [0.15, 0.2) is 0 Å². The van der Waals surface area contributed by atoms with Gasteiger partial charge < -0.3 is 14.8 Å². The number of unbranched alkanes of at least 4 members (excludes halogenated alkanes) is 3. The van der Waals surface area contributed by atoms with Gasteiger partial charge in [-0.2, -0.15) is 4.98 Å². The number of carbonyl (C=O) groups excluding carboxylic acids is 1. The standard InChI is InChI=1S/C25H36N4O3S/c1-5-8-10-16-31-20-13-11-19(12-14-20)22-21(23(30)32-15-9-6-2)18(4)26-24-27-25(28-29(22)24)33-17-7-3/h11-14,22H,5-10,15-17H2,1-4H3,(H,26,27,28). The molecule has 0 saturated carbocycles. The number of carbonyl (C=O) groups is 1. The van der Waals surface area contributed by atoms with E-state index in [2.05, 4.69) is 31.1 Å². The first kappa shape index (κ1) is 25.1. The second-order valence-electron chi connectivity index (χ2n) is 8.19. The van der Waals surface area contributed by atoms with Crippen molar-refractivity contribution < 1.29 is 14.3 Å². The van der Waals surface area contributed by atoms with E-state index in [9.17, 15) is 4.79 Å². The van der Waals surface area contributed by atoms with Crippen LogP contribution >= 0.6 is 11.8 Å². The van der Waals surface area contributed by atoms with Gasteiger partial charge in [-0.05, 0) is 43.9 Å². The minimum absolute atomic E-state index is 0.317. The zero-order valence-corrected chi connectivity index (χ0v) is 21.0. The van der Waals surface area contributed by atoms with E-state index >= 15 is 0 Å². The van der Waals surface area contributed by atoms with E-state index in [1.165, 1.54) is 6.42 Å². The summed E-state index contributed by atoms with van der Waals surface area (Å²) in [7, 11) is 0. The monoisotopic (exact) mass is 472 g/mol. The average Bonchev–Trinajstić information content (AvgIpc) is 3.22. The van der Waals surface area contributed by atoms with Gasteiger partial charge in [0.2, 0.25) is 11.1 Å². The highest BCUT2D eigenvalue weighted by Crippen LogP contribution is 2.37. The lowest BCUT2D eigenvalue weighted by atomic mass is 9.96. The van der Waals surface area contributed by atoms with Crippen LogP contribution in [0.1, 0.15) is 77.8 Å². The van der Waals surface area contributed by atoms with Gasteiger partial charge in [-0.3, -0.25) is 0 Å². The fourth-order valence-electron chi connectivity index (χ4n) is 3.63. The topological polar surface area (TPSA) is 78.3 Å². The summed E-state index contributed by atoms with van der Waals surface area (Å²) in [6.45, 7) is 9.40. The van der Waals surface area contributed by atoms with E-state index < -0.39 is 6.04 Å². The van der Waals surface area contributed by atoms with Crippen molar-refractivity contribution in [3.8, 4) is 5.75 Å². The van der Waals surface area contributed by atoms with Crippen LogP contribution in [0.5, 0.6) is 5.75 Å². The lowest BCUT2D eigenvalue weighted by Gasteiger charge is -2.28. The highest BCUT2D eigenvalue weighted by molar-refractivity contribution is 7.99. The quantitative estimate of drug-likeness (QED) is 0.218. The lowest BCUT2D eigenvalue weighted by Crippen LogP contribution is -2.29. The Morgan fingerprint density at radius 3 is 2.52 bits per heavy atom. The molecule has 0 fully saturated rings. The van der Waals surface area contributed by atoms with Crippen LogP contribution in [0.4, 0.5) is 5.95 Å². The van der Waals surface area contributed by atoms with Crippen LogP contribution in [0, 0.1) is 0 Å². The van der Waals surface area contributed by atoms with Crippen LogP contribution in [-0.4, -0.2) is 39.7 Å². The van der Waals surface area contributed by atoms with Crippen LogP contribution < -0.4 is 10.1 Å². The molecule has 3 rings (SSSR count). The number of thioether (sulfide) groups is 1. The molecule has 180 valence electrons. The third-order valence-electron chi connectivity index (χ3n) is 5.43. The normalized spacial score (nSPS) is 15.2. The summed E-state index contributed by atoms with van der Waals surface area (Å²) in [5, 5.41) is 8.70. The van der Waals surface area contributed by atoms with Crippen LogP contribution in [0.15, 0.2) is 40.7 Å². The molecular formula is C25H36N4O3S. The Balaban J connectivity index is 1.89. The van der Waals surface area contributed by atoms with Crippen molar-refractivity contribution in [3.63, 3.8) is 0 Å². The number of nitrogens with zero attached hydrogens (tertiary/aromatic N) is 3. The molecule has 1 aromatic carbocycles. The lowest BCUT2D eigenvalue weighted by molar-refractivity contribution is -0.139. The number of esters is 1. The maximum absolute atomic E-state index is 13.1. The Kier molecular flexibility index (Phi) is 9.66. The summed E-state index contributed by atoms with van der Waals surface area (Å²) in [4.78, 5) is 17.8. The Morgan fingerprint density at radius 1 is 1.06 bits per heavy atom. The molecular weight excluding hydrogens is 436 g/mol. The van der Waals surface area contributed by atoms with Crippen molar-refractivity contribution in [1.29, 1.82) is 0 Å². The second kappa shape index (κ2) is 12.7. The van der Waals surface area contributed by atoms with Gasteiger partial charge in [0.25, 0.3) is 0 Å². The summed E-state index contributed by atoms with van der Waals surface area (Å²) in [5.41, 5.74) is 2.25. The van der Waals surface area contributed by atoms with Crippen molar-refractivity contribution in [2.75, 3.05) is 24.3 Å². The maximum atomic E-state index is 13.1. The number of ether oxygens (including phenoxy) is 2. The zero-order chi connectivity index (χ0) is 23.6. The SMILES string of the molecule is CCCCCOc1ccc(C2C(C(=O)OCCCC)=C(C)Nc3nc(SCCC)nn32)cc1. The van der Waals surface area contributed by atoms with Crippen molar-refractivity contribution in [1.82, 2.24) is 14.8 Å². The first-order valence-electron chi connectivity index (χ1n) is 12.1. The molecule has 0 saturated heterocycles. The number of aromatic nitrogens is 3. The zero-order valence-electron chi connectivity index (χ0n) is 20.2. The third kappa shape index (κ3) is 6.53. The molecule has 1 atom stereocenters.